The van der Waals surface area contributed by atoms with Crippen LogP contribution in [0.5, 0.6) is 0 Å². The first-order valence-electron chi connectivity index (χ1n) is 7.72. The van der Waals surface area contributed by atoms with Crippen LogP contribution in [0.25, 0.3) is 4.96 Å². The molecule has 0 spiro atoms. The molecule has 2 N–H and O–H groups in total. The Kier molecular flexibility index (Phi) is 3.80. The Morgan fingerprint density at radius 2 is 2.00 bits per heavy atom. The van der Waals surface area contributed by atoms with Gasteiger partial charge in [-0.15, -0.1) is 11.3 Å². The van der Waals surface area contributed by atoms with Crippen LogP contribution in [0.15, 0.2) is 22.6 Å². The minimum absolute atomic E-state index is 0.0244. The molecule has 23 heavy (non-hydrogen) atoms. The zero-order chi connectivity index (χ0) is 16.8. The molecule has 0 radical (unpaired) electrons. The van der Waals surface area contributed by atoms with Crippen molar-refractivity contribution in [1.82, 2.24) is 20.0 Å². The van der Waals surface area contributed by atoms with Gasteiger partial charge in [0.05, 0.1) is 0 Å². The molecule has 0 aliphatic carbocycles. The van der Waals surface area contributed by atoms with Crippen molar-refractivity contribution in [2.24, 2.45) is 0 Å². The Hall–Kier alpha value is -1.73. The highest BCUT2D eigenvalue weighted by molar-refractivity contribution is 7.15. The number of piperidine rings is 1. The SMILES string of the molecule is CC1(C)CC(NC(=O)c2cnc3sccn3c2=O)CC(C)(C)N1. The molecule has 3 heterocycles. The third-order valence-electron chi connectivity index (χ3n) is 4.11. The number of amides is 1. The molecular formula is C16H22N4O2S. The molecular weight excluding hydrogens is 312 g/mol. The summed E-state index contributed by atoms with van der Waals surface area (Å²) in [4.78, 5) is 29.7. The van der Waals surface area contributed by atoms with Gasteiger partial charge in [-0.25, -0.2) is 4.98 Å². The van der Waals surface area contributed by atoms with E-state index >= 15 is 0 Å². The van der Waals surface area contributed by atoms with Crippen LogP contribution in [0.2, 0.25) is 0 Å². The number of nitrogens with one attached hydrogen (secondary N) is 2. The molecule has 0 atom stereocenters. The number of hydrogen-bond acceptors (Lipinski definition) is 5. The van der Waals surface area contributed by atoms with Crippen LogP contribution in [0.1, 0.15) is 50.9 Å². The number of carbonyl (C=O) groups is 1. The first-order valence-corrected chi connectivity index (χ1v) is 8.60. The van der Waals surface area contributed by atoms with Crippen LogP contribution >= 0.6 is 11.3 Å². The fourth-order valence-corrected chi connectivity index (χ4v) is 4.34. The molecule has 0 aromatic carbocycles. The highest BCUT2D eigenvalue weighted by Gasteiger charge is 2.38. The minimum Gasteiger partial charge on any atom is -0.349 e. The number of thiazole rings is 1. The molecule has 2 aromatic heterocycles. The lowest BCUT2D eigenvalue weighted by molar-refractivity contribution is 0.0871. The van der Waals surface area contributed by atoms with Crippen molar-refractivity contribution in [1.29, 1.82) is 0 Å². The number of aromatic nitrogens is 2. The van der Waals surface area contributed by atoms with Gasteiger partial charge in [0.15, 0.2) is 4.96 Å². The monoisotopic (exact) mass is 334 g/mol. The van der Waals surface area contributed by atoms with Crippen LogP contribution in [0.4, 0.5) is 0 Å². The summed E-state index contributed by atoms with van der Waals surface area (Å²) in [5.41, 5.74) is -0.356. The van der Waals surface area contributed by atoms with Crippen molar-refractivity contribution in [3.8, 4) is 0 Å². The predicted molar refractivity (Wildman–Crippen MR) is 91.1 cm³/mol. The van der Waals surface area contributed by atoms with E-state index in [1.165, 1.54) is 21.9 Å². The lowest BCUT2D eigenvalue weighted by Gasteiger charge is -2.46. The molecule has 0 unspecified atom stereocenters. The number of carbonyl (C=O) groups excluding carboxylic acids is 1. The molecule has 1 fully saturated rings. The van der Waals surface area contributed by atoms with Crippen LogP contribution in [0.3, 0.4) is 0 Å². The summed E-state index contributed by atoms with van der Waals surface area (Å²) in [6.45, 7) is 8.50. The second kappa shape index (κ2) is 5.42. The Labute approximate surface area is 138 Å². The van der Waals surface area contributed by atoms with Crippen molar-refractivity contribution >= 4 is 22.2 Å². The lowest BCUT2D eigenvalue weighted by Crippen LogP contribution is -2.62. The number of nitrogens with zero attached hydrogens (tertiary/aromatic N) is 2. The molecule has 1 saturated heterocycles. The summed E-state index contributed by atoms with van der Waals surface area (Å²) in [5.74, 6) is -0.346. The van der Waals surface area contributed by atoms with E-state index in [1.807, 2.05) is 0 Å². The first-order chi connectivity index (χ1) is 10.7. The predicted octanol–water partition coefficient (Wildman–Crippen LogP) is 1.79. The average molecular weight is 334 g/mol. The van der Waals surface area contributed by atoms with Gasteiger partial charge in [0.1, 0.15) is 5.56 Å². The van der Waals surface area contributed by atoms with E-state index in [1.54, 1.807) is 11.6 Å². The van der Waals surface area contributed by atoms with E-state index in [0.717, 1.165) is 12.8 Å². The zero-order valence-electron chi connectivity index (χ0n) is 13.8. The topological polar surface area (TPSA) is 75.5 Å². The van der Waals surface area contributed by atoms with Crippen molar-refractivity contribution in [3.05, 3.63) is 33.7 Å². The Balaban J connectivity index is 1.83. The Morgan fingerprint density at radius 3 is 2.65 bits per heavy atom. The van der Waals surface area contributed by atoms with Crippen LogP contribution < -0.4 is 16.2 Å². The second-order valence-corrected chi connectivity index (χ2v) is 8.38. The standard InChI is InChI=1S/C16H22N4O2S/c1-15(2)7-10(8-16(3,4)19-15)18-12(21)11-9-17-14-20(13(11)22)5-6-23-14/h5-6,9-10,19H,7-8H2,1-4H3,(H,18,21). The van der Waals surface area contributed by atoms with Crippen LogP contribution in [-0.4, -0.2) is 32.4 Å². The third kappa shape index (κ3) is 3.30. The molecule has 6 nitrogen and oxygen atoms in total. The van der Waals surface area contributed by atoms with Gasteiger partial charge in [0.25, 0.3) is 11.5 Å². The molecule has 1 aliphatic rings. The number of fused-ring (bicyclic) bond motifs is 1. The molecule has 7 heteroatoms. The van der Waals surface area contributed by atoms with Gasteiger partial charge in [-0.2, -0.15) is 0 Å². The van der Waals surface area contributed by atoms with E-state index in [0.29, 0.717) is 4.96 Å². The van der Waals surface area contributed by atoms with Crippen molar-refractivity contribution in [3.63, 3.8) is 0 Å². The maximum atomic E-state index is 12.5. The molecule has 0 saturated carbocycles. The van der Waals surface area contributed by atoms with E-state index in [9.17, 15) is 9.59 Å². The fraction of sp³-hybridized carbons (Fsp3) is 0.562. The van der Waals surface area contributed by atoms with E-state index in [4.69, 9.17) is 0 Å². The number of hydrogen-bond donors (Lipinski definition) is 2. The normalized spacial score (nSPS) is 20.5. The smallest absolute Gasteiger partial charge is 0.271 e. The maximum Gasteiger partial charge on any atom is 0.271 e. The van der Waals surface area contributed by atoms with Gasteiger partial charge < -0.3 is 10.6 Å². The van der Waals surface area contributed by atoms with Crippen molar-refractivity contribution in [2.75, 3.05) is 0 Å². The Morgan fingerprint density at radius 1 is 1.35 bits per heavy atom. The van der Waals surface area contributed by atoms with Crippen molar-refractivity contribution < 1.29 is 4.79 Å². The van der Waals surface area contributed by atoms with E-state index < -0.39 is 0 Å². The molecule has 1 aliphatic heterocycles. The lowest BCUT2D eigenvalue weighted by atomic mass is 9.79. The summed E-state index contributed by atoms with van der Waals surface area (Å²) in [6, 6.07) is 0.0244. The highest BCUT2D eigenvalue weighted by atomic mass is 32.1. The minimum atomic E-state index is -0.346. The average Bonchev–Trinajstić information content (AvgIpc) is 2.84. The summed E-state index contributed by atoms with van der Waals surface area (Å²) in [6.07, 6.45) is 4.65. The van der Waals surface area contributed by atoms with Gasteiger partial charge in [0, 0.05) is 34.9 Å². The summed E-state index contributed by atoms with van der Waals surface area (Å²) in [5, 5.41) is 8.38. The Bertz CT molecular complexity index is 790. The van der Waals surface area contributed by atoms with Gasteiger partial charge in [-0.3, -0.25) is 14.0 Å². The highest BCUT2D eigenvalue weighted by Crippen LogP contribution is 2.28. The fourth-order valence-electron chi connectivity index (χ4n) is 3.67. The van der Waals surface area contributed by atoms with Gasteiger partial charge in [0.2, 0.25) is 0 Å². The molecule has 3 rings (SSSR count). The summed E-state index contributed by atoms with van der Waals surface area (Å²) >= 11 is 1.37. The third-order valence-corrected chi connectivity index (χ3v) is 4.88. The largest absolute Gasteiger partial charge is 0.349 e. The first kappa shape index (κ1) is 16.1. The van der Waals surface area contributed by atoms with Crippen molar-refractivity contribution in [2.45, 2.75) is 57.7 Å². The summed E-state index contributed by atoms with van der Waals surface area (Å²) < 4.78 is 1.41. The molecule has 124 valence electrons. The van der Waals surface area contributed by atoms with Crippen LogP contribution in [-0.2, 0) is 0 Å². The van der Waals surface area contributed by atoms with Gasteiger partial charge >= 0.3 is 0 Å². The number of rotatable bonds is 2. The van der Waals surface area contributed by atoms with Crippen LogP contribution in [0, 0.1) is 0 Å². The molecule has 0 bridgehead atoms. The molecule has 1 amide bonds. The van der Waals surface area contributed by atoms with E-state index in [-0.39, 0.29) is 34.1 Å². The van der Waals surface area contributed by atoms with Gasteiger partial charge in [-0.1, -0.05) is 0 Å². The second-order valence-electron chi connectivity index (χ2n) is 7.50. The zero-order valence-corrected chi connectivity index (χ0v) is 14.7. The van der Waals surface area contributed by atoms with Gasteiger partial charge in [-0.05, 0) is 40.5 Å². The molecule has 2 aromatic rings. The van der Waals surface area contributed by atoms with E-state index in [2.05, 4.69) is 43.3 Å². The summed E-state index contributed by atoms with van der Waals surface area (Å²) in [7, 11) is 0. The quantitative estimate of drug-likeness (QED) is 0.878. The maximum absolute atomic E-state index is 12.5.